The zero-order chi connectivity index (χ0) is 15.3. The standard InChI is InChI=1S/C19H31NO/c1-19(2,3)11-10-16(14-20-17-8-9-17)12-15-6-5-7-18(13-15)21-4/h5-7,13,16-17,20H,8-12,14H2,1-4H3. The summed E-state index contributed by atoms with van der Waals surface area (Å²) in [5.41, 5.74) is 1.82. The lowest BCUT2D eigenvalue weighted by Gasteiger charge is -2.24. The maximum Gasteiger partial charge on any atom is 0.119 e. The second-order valence-corrected chi connectivity index (χ2v) is 7.70. The lowest BCUT2D eigenvalue weighted by atomic mass is 9.84. The van der Waals surface area contributed by atoms with Crippen LogP contribution in [-0.4, -0.2) is 19.7 Å². The molecule has 2 heteroatoms. The molecule has 0 spiro atoms. The van der Waals surface area contributed by atoms with Gasteiger partial charge in [-0.15, -0.1) is 0 Å². The summed E-state index contributed by atoms with van der Waals surface area (Å²) in [6.07, 6.45) is 6.46. The van der Waals surface area contributed by atoms with Gasteiger partial charge < -0.3 is 10.1 Å². The fourth-order valence-electron chi connectivity index (χ4n) is 2.67. The molecule has 0 aromatic heterocycles. The molecule has 0 heterocycles. The largest absolute Gasteiger partial charge is 0.497 e. The monoisotopic (exact) mass is 289 g/mol. The molecule has 1 aromatic carbocycles. The molecule has 2 nitrogen and oxygen atoms in total. The molecule has 0 saturated heterocycles. The van der Waals surface area contributed by atoms with Crippen molar-refractivity contribution in [2.75, 3.05) is 13.7 Å². The molecule has 1 atom stereocenters. The van der Waals surface area contributed by atoms with Crippen molar-refractivity contribution in [3.63, 3.8) is 0 Å². The zero-order valence-corrected chi connectivity index (χ0v) is 14.1. The lowest BCUT2D eigenvalue weighted by molar-refractivity contribution is 0.313. The number of nitrogens with one attached hydrogen (secondary N) is 1. The Bertz CT molecular complexity index is 431. The van der Waals surface area contributed by atoms with Gasteiger partial charge in [0.2, 0.25) is 0 Å². The van der Waals surface area contributed by atoms with E-state index in [1.54, 1.807) is 7.11 Å². The van der Waals surface area contributed by atoms with Crippen LogP contribution in [-0.2, 0) is 6.42 Å². The summed E-state index contributed by atoms with van der Waals surface area (Å²) in [7, 11) is 1.74. The smallest absolute Gasteiger partial charge is 0.119 e. The van der Waals surface area contributed by atoms with Crippen molar-refractivity contribution in [1.29, 1.82) is 0 Å². The molecule has 0 radical (unpaired) electrons. The van der Waals surface area contributed by atoms with Gasteiger partial charge in [-0.25, -0.2) is 0 Å². The van der Waals surface area contributed by atoms with Crippen LogP contribution in [0, 0.1) is 11.3 Å². The van der Waals surface area contributed by atoms with Gasteiger partial charge in [0.05, 0.1) is 7.11 Å². The molecule has 0 bridgehead atoms. The van der Waals surface area contributed by atoms with Crippen LogP contribution in [0.3, 0.4) is 0 Å². The van der Waals surface area contributed by atoms with E-state index in [1.165, 1.54) is 31.2 Å². The first-order valence-electron chi connectivity index (χ1n) is 8.32. The molecule has 1 saturated carbocycles. The summed E-state index contributed by atoms with van der Waals surface area (Å²) in [6.45, 7) is 8.16. The summed E-state index contributed by atoms with van der Waals surface area (Å²) in [6, 6.07) is 9.33. The Labute approximate surface area is 130 Å². The van der Waals surface area contributed by atoms with Crippen molar-refractivity contribution >= 4 is 0 Å². The summed E-state index contributed by atoms with van der Waals surface area (Å²) < 4.78 is 5.34. The maximum atomic E-state index is 5.34. The van der Waals surface area contributed by atoms with Gasteiger partial charge in [0.1, 0.15) is 5.75 Å². The molecule has 21 heavy (non-hydrogen) atoms. The van der Waals surface area contributed by atoms with Crippen molar-refractivity contribution in [1.82, 2.24) is 5.32 Å². The van der Waals surface area contributed by atoms with E-state index in [0.29, 0.717) is 5.41 Å². The number of rotatable bonds is 8. The normalized spacial score (nSPS) is 16.8. The number of benzene rings is 1. The van der Waals surface area contributed by atoms with E-state index in [2.05, 4.69) is 44.3 Å². The van der Waals surface area contributed by atoms with Crippen LogP contribution in [0.4, 0.5) is 0 Å². The predicted molar refractivity (Wildman–Crippen MR) is 89.9 cm³/mol. The van der Waals surface area contributed by atoms with E-state index in [1.807, 2.05) is 6.07 Å². The molecule has 118 valence electrons. The van der Waals surface area contributed by atoms with Crippen LogP contribution in [0.5, 0.6) is 5.75 Å². The second-order valence-electron chi connectivity index (χ2n) is 7.70. The van der Waals surface area contributed by atoms with Crippen LogP contribution in [0.1, 0.15) is 52.0 Å². The average Bonchev–Trinajstić information content (AvgIpc) is 3.25. The highest BCUT2D eigenvalue weighted by molar-refractivity contribution is 5.28. The Hall–Kier alpha value is -1.02. The van der Waals surface area contributed by atoms with Gasteiger partial charge in [-0.1, -0.05) is 32.9 Å². The second kappa shape index (κ2) is 7.31. The third-order valence-corrected chi connectivity index (χ3v) is 4.23. The van der Waals surface area contributed by atoms with E-state index in [9.17, 15) is 0 Å². The number of hydrogen-bond acceptors (Lipinski definition) is 2. The third kappa shape index (κ3) is 6.52. The predicted octanol–water partition coefficient (Wildman–Crippen LogP) is 4.43. The van der Waals surface area contributed by atoms with E-state index in [-0.39, 0.29) is 0 Å². The first-order valence-corrected chi connectivity index (χ1v) is 8.32. The average molecular weight is 289 g/mol. The fourth-order valence-corrected chi connectivity index (χ4v) is 2.67. The molecule has 1 unspecified atom stereocenters. The fraction of sp³-hybridized carbons (Fsp3) is 0.684. The van der Waals surface area contributed by atoms with Gasteiger partial charge in [-0.05, 0) is 67.7 Å². The number of methoxy groups -OCH3 is 1. The summed E-state index contributed by atoms with van der Waals surface area (Å²) >= 11 is 0. The SMILES string of the molecule is COc1cccc(CC(CCC(C)(C)C)CNC2CC2)c1. The summed E-state index contributed by atoms with van der Waals surface area (Å²) in [5, 5.41) is 3.71. The molecule has 1 N–H and O–H groups in total. The summed E-state index contributed by atoms with van der Waals surface area (Å²) in [4.78, 5) is 0. The van der Waals surface area contributed by atoms with Gasteiger partial charge in [-0.3, -0.25) is 0 Å². The lowest BCUT2D eigenvalue weighted by Crippen LogP contribution is -2.27. The van der Waals surface area contributed by atoms with Crippen molar-refractivity contribution in [3.05, 3.63) is 29.8 Å². The van der Waals surface area contributed by atoms with Gasteiger partial charge in [0.25, 0.3) is 0 Å². The van der Waals surface area contributed by atoms with Gasteiger partial charge in [0.15, 0.2) is 0 Å². The van der Waals surface area contributed by atoms with E-state index >= 15 is 0 Å². The van der Waals surface area contributed by atoms with E-state index in [4.69, 9.17) is 4.74 Å². The zero-order valence-electron chi connectivity index (χ0n) is 14.1. The molecule has 0 amide bonds. The molecule has 1 aromatic rings. The molecular formula is C19H31NO. The van der Waals surface area contributed by atoms with Crippen LogP contribution in [0.2, 0.25) is 0 Å². The third-order valence-electron chi connectivity index (χ3n) is 4.23. The van der Waals surface area contributed by atoms with Crippen LogP contribution in [0.25, 0.3) is 0 Å². The highest BCUT2D eigenvalue weighted by atomic mass is 16.5. The minimum absolute atomic E-state index is 0.423. The number of ether oxygens (including phenoxy) is 1. The maximum absolute atomic E-state index is 5.34. The molecule has 1 aliphatic rings. The van der Waals surface area contributed by atoms with E-state index in [0.717, 1.165) is 30.7 Å². The molecule has 1 aliphatic carbocycles. The Morgan fingerprint density at radius 3 is 2.67 bits per heavy atom. The molecular weight excluding hydrogens is 258 g/mol. The van der Waals surface area contributed by atoms with Gasteiger partial charge in [0, 0.05) is 6.04 Å². The van der Waals surface area contributed by atoms with E-state index < -0.39 is 0 Å². The molecule has 2 rings (SSSR count). The van der Waals surface area contributed by atoms with Gasteiger partial charge in [-0.2, -0.15) is 0 Å². The highest BCUT2D eigenvalue weighted by Gasteiger charge is 2.23. The summed E-state index contributed by atoms with van der Waals surface area (Å²) in [5.74, 6) is 1.69. The van der Waals surface area contributed by atoms with Crippen LogP contribution < -0.4 is 10.1 Å². The van der Waals surface area contributed by atoms with Crippen molar-refractivity contribution in [2.45, 2.75) is 58.9 Å². The van der Waals surface area contributed by atoms with Gasteiger partial charge >= 0.3 is 0 Å². The first-order chi connectivity index (χ1) is 9.96. The van der Waals surface area contributed by atoms with Crippen LogP contribution in [0.15, 0.2) is 24.3 Å². The Balaban J connectivity index is 1.92. The molecule has 1 fully saturated rings. The van der Waals surface area contributed by atoms with Crippen molar-refractivity contribution < 1.29 is 4.74 Å². The quantitative estimate of drug-likeness (QED) is 0.764. The Morgan fingerprint density at radius 1 is 1.29 bits per heavy atom. The topological polar surface area (TPSA) is 21.3 Å². The first kappa shape index (κ1) is 16.4. The highest BCUT2D eigenvalue weighted by Crippen LogP contribution is 2.27. The van der Waals surface area contributed by atoms with Crippen LogP contribution >= 0.6 is 0 Å². The minimum Gasteiger partial charge on any atom is -0.497 e. The molecule has 0 aliphatic heterocycles. The minimum atomic E-state index is 0.423. The van der Waals surface area contributed by atoms with Crippen molar-refractivity contribution in [3.8, 4) is 5.75 Å². The number of hydrogen-bond donors (Lipinski definition) is 1. The Kier molecular flexibility index (Phi) is 5.69. The Morgan fingerprint density at radius 2 is 2.05 bits per heavy atom. The van der Waals surface area contributed by atoms with Crippen molar-refractivity contribution in [2.24, 2.45) is 11.3 Å².